The molecule has 0 aromatic heterocycles. The van der Waals surface area contributed by atoms with E-state index in [-0.39, 0.29) is 11.3 Å². The Kier molecular flexibility index (Phi) is 6.21. The monoisotopic (exact) mass is 354 g/mol. The number of benzene rings is 2. The standard InChI is InChI=1S/C19H18N2O5/c1-13(19(22)25-3)18(16-9-11-17(12-10-16)21(23)24)26-20-14(2)15-7-5-4-6-8-15/h4-12,18H,1H2,2-3H3. The lowest BCUT2D eigenvalue weighted by atomic mass is 10.0. The average Bonchev–Trinajstić information content (AvgIpc) is 2.68. The molecule has 0 aliphatic rings. The van der Waals surface area contributed by atoms with Gasteiger partial charge in [-0.2, -0.15) is 0 Å². The van der Waals surface area contributed by atoms with Crippen LogP contribution in [0.5, 0.6) is 0 Å². The van der Waals surface area contributed by atoms with E-state index in [0.717, 1.165) is 5.56 Å². The van der Waals surface area contributed by atoms with Crippen molar-refractivity contribution in [1.29, 1.82) is 0 Å². The topological polar surface area (TPSA) is 91.0 Å². The van der Waals surface area contributed by atoms with Gasteiger partial charge in [0.25, 0.3) is 5.69 Å². The van der Waals surface area contributed by atoms with Crippen LogP contribution < -0.4 is 0 Å². The molecule has 0 heterocycles. The first-order valence-electron chi connectivity index (χ1n) is 7.71. The van der Waals surface area contributed by atoms with E-state index in [2.05, 4.69) is 11.7 Å². The van der Waals surface area contributed by atoms with Crippen LogP contribution in [0, 0.1) is 10.1 Å². The molecular formula is C19H18N2O5. The number of carbonyl (C=O) groups excluding carboxylic acids is 1. The second-order valence-corrected chi connectivity index (χ2v) is 5.39. The first-order chi connectivity index (χ1) is 12.4. The highest BCUT2D eigenvalue weighted by atomic mass is 16.6. The van der Waals surface area contributed by atoms with Gasteiger partial charge in [-0.3, -0.25) is 10.1 Å². The van der Waals surface area contributed by atoms with Gasteiger partial charge in [-0.25, -0.2) is 4.79 Å². The molecule has 0 amide bonds. The minimum atomic E-state index is -0.929. The van der Waals surface area contributed by atoms with E-state index in [1.54, 1.807) is 6.92 Å². The Morgan fingerprint density at radius 2 is 1.77 bits per heavy atom. The maximum Gasteiger partial charge on any atom is 0.337 e. The van der Waals surface area contributed by atoms with E-state index in [1.807, 2.05) is 30.3 Å². The molecule has 0 N–H and O–H groups in total. The van der Waals surface area contributed by atoms with E-state index in [1.165, 1.54) is 31.4 Å². The molecule has 1 atom stereocenters. The van der Waals surface area contributed by atoms with E-state index in [4.69, 9.17) is 9.57 Å². The van der Waals surface area contributed by atoms with Crippen LogP contribution in [-0.2, 0) is 14.4 Å². The van der Waals surface area contributed by atoms with E-state index in [0.29, 0.717) is 11.3 Å². The van der Waals surface area contributed by atoms with Crippen LogP contribution in [0.3, 0.4) is 0 Å². The third-order valence-corrected chi connectivity index (χ3v) is 3.66. The Morgan fingerprint density at radius 1 is 1.15 bits per heavy atom. The highest BCUT2D eigenvalue weighted by Crippen LogP contribution is 2.28. The molecule has 0 bridgehead atoms. The molecule has 0 aliphatic carbocycles. The lowest BCUT2D eigenvalue weighted by Gasteiger charge is -2.17. The van der Waals surface area contributed by atoms with Crippen molar-refractivity contribution in [1.82, 2.24) is 0 Å². The normalized spacial score (nSPS) is 12.2. The number of hydrogen-bond donors (Lipinski definition) is 0. The lowest BCUT2D eigenvalue weighted by Crippen LogP contribution is -2.14. The summed E-state index contributed by atoms with van der Waals surface area (Å²) in [6, 6.07) is 15.0. The third-order valence-electron chi connectivity index (χ3n) is 3.66. The zero-order valence-electron chi connectivity index (χ0n) is 14.4. The van der Waals surface area contributed by atoms with Crippen molar-refractivity contribution in [3.63, 3.8) is 0 Å². The van der Waals surface area contributed by atoms with Gasteiger partial charge in [0.15, 0.2) is 6.10 Å². The zero-order valence-corrected chi connectivity index (χ0v) is 14.4. The number of nitro groups is 1. The number of nitrogens with zero attached hydrogens (tertiary/aromatic N) is 2. The number of esters is 1. The molecule has 0 saturated carbocycles. The molecule has 0 aliphatic heterocycles. The largest absolute Gasteiger partial charge is 0.466 e. The summed E-state index contributed by atoms with van der Waals surface area (Å²) in [6.45, 7) is 5.47. The Bertz CT molecular complexity index is 829. The Hall–Kier alpha value is -3.48. The van der Waals surface area contributed by atoms with Gasteiger partial charge in [-0.05, 0) is 24.6 Å². The molecule has 134 valence electrons. The highest BCUT2D eigenvalue weighted by molar-refractivity contribution is 5.98. The van der Waals surface area contributed by atoms with Crippen molar-refractivity contribution >= 4 is 17.4 Å². The minimum Gasteiger partial charge on any atom is -0.466 e. The number of ether oxygens (including phenoxy) is 1. The molecule has 7 nitrogen and oxygen atoms in total. The first kappa shape index (κ1) is 18.9. The number of oxime groups is 1. The summed E-state index contributed by atoms with van der Waals surface area (Å²) in [5.74, 6) is -0.652. The van der Waals surface area contributed by atoms with E-state index in [9.17, 15) is 14.9 Å². The predicted octanol–water partition coefficient (Wildman–Crippen LogP) is 3.81. The molecule has 0 saturated heterocycles. The number of methoxy groups -OCH3 is 1. The number of rotatable bonds is 7. The van der Waals surface area contributed by atoms with Crippen molar-refractivity contribution in [3.8, 4) is 0 Å². The van der Waals surface area contributed by atoms with Crippen molar-refractivity contribution in [2.75, 3.05) is 7.11 Å². The summed E-state index contributed by atoms with van der Waals surface area (Å²) in [6.07, 6.45) is -0.929. The smallest absolute Gasteiger partial charge is 0.337 e. The molecular weight excluding hydrogens is 336 g/mol. The first-order valence-corrected chi connectivity index (χ1v) is 7.71. The van der Waals surface area contributed by atoms with E-state index < -0.39 is 17.0 Å². The summed E-state index contributed by atoms with van der Waals surface area (Å²) < 4.78 is 4.69. The zero-order chi connectivity index (χ0) is 19.1. The molecule has 26 heavy (non-hydrogen) atoms. The number of nitro benzene ring substituents is 1. The summed E-state index contributed by atoms with van der Waals surface area (Å²) in [5, 5.41) is 14.9. The Balaban J connectivity index is 2.31. The van der Waals surface area contributed by atoms with Gasteiger partial charge in [-0.15, -0.1) is 0 Å². The van der Waals surface area contributed by atoms with Crippen molar-refractivity contribution in [2.24, 2.45) is 5.16 Å². The summed E-state index contributed by atoms with van der Waals surface area (Å²) in [7, 11) is 1.24. The molecule has 1 unspecified atom stereocenters. The van der Waals surface area contributed by atoms with Crippen LogP contribution in [0.1, 0.15) is 24.2 Å². The van der Waals surface area contributed by atoms with Crippen molar-refractivity contribution in [2.45, 2.75) is 13.0 Å². The van der Waals surface area contributed by atoms with Crippen molar-refractivity contribution < 1.29 is 19.3 Å². The van der Waals surface area contributed by atoms with Gasteiger partial charge in [0.2, 0.25) is 0 Å². The fourth-order valence-electron chi connectivity index (χ4n) is 2.20. The maximum absolute atomic E-state index is 11.9. The Labute approximate surface area is 150 Å². The molecule has 2 rings (SSSR count). The molecule has 0 radical (unpaired) electrons. The van der Waals surface area contributed by atoms with Crippen LogP contribution in [0.4, 0.5) is 5.69 Å². The van der Waals surface area contributed by atoms with Gasteiger partial charge in [-0.1, -0.05) is 42.1 Å². The molecule has 7 heteroatoms. The van der Waals surface area contributed by atoms with Gasteiger partial charge in [0.05, 0.1) is 23.3 Å². The van der Waals surface area contributed by atoms with Crippen LogP contribution in [0.25, 0.3) is 0 Å². The van der Waals surface area contributed by atoms with Crippen molar-refractivity contribution in [3.05, 3.63) is 88.0 Å². The van der Waals surface area contributed by atoms with Crippen LogP contribution >= 0.6 is 0 Å². The molecule has 0 spiro atoms. The maximum atomic E-state index is 11.9. The van der Waals surface area contributed by atoms with Gasteiger partial charge in [0, 0.05) is 17.7 Å². The molecule has 2 aromatic carbocycles. The van der Waals surface area contributed by atoms with E-state index >= 15 is 0 Å². The van der Waals surface area contributed by atoms with Crippen LogP contribution in [0.2, 0.25) is 0 Å². The lowest BCUT2D eigenvalue weighted by molar-refractivity contribution is -0.384. The summed E-state index contributed by atoms with van der Waals surface area (Å²) >= 11 is 0. The summed E-state index contributed by atoms with van der Waals surface area (Å²) in [4.78, 5) is 27.7. The fraction of sp³-hybridized carbons (Fsp3) is 0.158. The average molecular weight is 354 g/mol. The van der Waals surface area contributed by atoms with Crippen LogP contribution in [-0.4, -0.2) is 23.7 Å². The van der Waals surface area contributed by atoms with Crippen LogP contribution in [0.15, 0.2) is 71.9 Å². The second kappa shape index (κ2) is 8.57. The summed E-state index contributed by atoms with van der Waals surface area (Å²) in [5.41, 5.74) is 1.93. The quantitative estimate of drug-likeness (QED) is 0.248. The third kappa shape index (κ3) is 4.54. The Morgan fingerprint density at radius 3 is 2.31 bits per heavy atom. The van der Waals surface area contributed by atoms with Gasteiger partial charge >= 0.3 is 5.97 Å². The fourth-order valence-corrected chi connectivity index (χ4v) is 2.20. The molecule has 0 fully saturated rings. The number of carbonyl (C=O) groups is 1. The minimum absolute atomic E-state index is 0.0333. The molecule has 2 aromatic rings. The second-order valence-electron chi connectivity index (χ2n) is 5.39. The van der Waals surface area contributed by atoms with Gasteiger partial charge in [0.1, 0.15) is 0 Å². The predicted molar refractivity (Wildman–Crippen MR) is 96.7 cm³/mol. The number of non-ortho nitro benzene ring substituents is 1. The number of hydrogen-bond acceptors (Lipinski definition) is 6. The SMILES string of the molecule is C=C(C(=O)OC)C(ON=C(C)c1ccccc1)c1ccc([N+](=O)[O-])cc1. The highest BCUT2D eigenvalue weighted by Gasteiger charge is 2.24. The van der Waals surface area contributed by atoms with Gasteiger partial charge < -0.3 is 9.57 Å².